The first-order chi connectivity index (χ1) is 12.6. The van der Waals surface area contributed by atoms with Crippen molar-refractivity contribution in [3.8, 4) is 0 Å². The van der Waals surface area contributed by atoms with E-state index in [1.807, 2.05) is 0 Å². The number of rotatable bonds is 6. The van der Waals surface area contributed by atoms with E-state index in [2.05, 4.69) is 19.8 Å². The molecule has 0 amide bonds. The number of carbonyl (C=O) groups excluding carboxylic acids is 2. The Hall–Kier alpha value is -2.46. The third kappa shape index (κ3) is 4.28. The number of ether oxygens (including phenoxy) is 2. The number of hydrogen-bond acceptors (Lipinski definition) is 6. The summed E-state index contributed by atoms with van der Waals surface area (Å²) >= 11 is 0. The molecular weight excluding hydrogens is 379 g/mol. The molecule has 0 aromatic carbocycles. The van der Waals surface area contributed by atoms with E-state index in [0.29, 0.717) is 12.8 Å². The van der Waals surface area contributed by atoms with E-state index in [1.54, 1.807) is 0 Å². The van der Waals surface area contributed by atoms with Crippen molar-refractivity contribution in [2.24, 2.45) is 0 Å². The third-order valence-electron chi connectivity index (χ3n) is 4.02. The Morgan fingerprint density at radius 3 is 2.26 bits per heavy atom. The Morgan fingerprint density at radius 2 is 1.85 bits per heavy atom. The molecular formula is C16H17F5N2O4. The lowest BCUT2D eigenvalue weighted by molar-refractivity contribution is -0.142. The topological polar surface area (TPSA) is 77.5 Å². The zero-order valence-electron chi connectivity index (χ0n) is 14.5. The number of anilines is 1. The highest BCUT2D eigenvalue weighted by atomic mass is 19.4. The molecule has 0 unspecified atom stereocenters. The van der Waals surface area contributed by atoms with Gasteiger partial charge in [-0.1, -0.05) is 0 Å². The van der Waals surface area contributed by atoms with Crippen LogP contribution in [-0.2, 0) is 15.7 Å². The summed E-state index contributed by atoms with van der Waals surface area (Å²) in [5.74, 6) is -2.76. The molecule has 1 aliphatic rings. The number of esters is 2. The van der Waals surface area contributed by atoms with Crippen molar-refractivity contribution < 1.29 is 41.0 Å². The van der Waals surface area contributed by atoms with E-state index in [0.717, 1.165) is 13.5 Å². The maximum Gasteiger partial charge on any atom is 0.434 e. The second kappa shape index (κ2) is 8.05. The second-order valence-corrected chi connectivity index (χ2v) is 5.75. The van der Waals surface area contributed by atoms with Gasteiger partial charge in [0.15, 0.2) is 5.69 Å². The van der Waals surface area contributed by atoms with Gasteiger partial charge in [-0.2, -0.15) is 13.2 Å². The standard InChI is InChI=1S/C16H17F5N2O4/c1-3-27-15(25)9-10(22-7-5-4-6-7)8(14(24)26-2)11(13(17)18)23-12(9)16(19,20)21/h7,13H,3-6H2,1-2H3,(H,22,23). The predicted octanol–water partition coefficient (Wildman–Crippen LogP) is 3.97. The number of nitrogens with zero attached hydrogens (tertiary/aromatic N) is 1. The van der Waals surface area contributed by atoms with Crippen LogP contribution in [0.3, 0.4) is 0 Å². The van der Waals surface area contributed by atoms with E-state index in [9.17, 15) is 31.5 Å². The van der Waals surface area contributed by atoms with Crippen LogP contribution in [-0.4, -0.2) is 36.7 Å². The highest BCUT2D eigenvalue weighted by Crippen LogP contribution is 2.40. The van der Waals surface area contributed by atoms with Crippen LogP contribution in [0.5, 0.6) is 0 Å². The van der Waals surface area contributed by atoms with Gasteiger partial charge in [0.05, 0.1) is 19.4 Å². The summed E-state index contributed by atoms with van der Waals surface area (Å²) in [6, 6.07) is -0.379. The van der Waals surface area contributed by atoms with Gasteiger partial charge in [0.25, 0.3) is 6.43 Å². The van der Waals surface area contributed by atoms with Crippen LogP contribution in [0.1, 0.15) is 64.7 Å². The maximum atomic E-state index is 13.5. The van der Waals surface area contributed by atoms with Gasteiger partial charge < -0.3 is 14.8 Å². The number of hydrogen-bond donors (Lipinski definition) is 1. The molecule has 0 spiro atoms. The van der Waals surface area contributed by atoms with E-state index in [-0.39, 0.29) is 12.6 Å². The monoisotopic (exact) mass is 396 g/mol. The van der Waals surface area contributed by atoms with Crippen molar-refractivity contribution in [1.29, 1.82) is 0 Å². The van der Waals surface area contributed by atoms with Crippen molar-refractivity contribution in [1.82, 2.24) is 4.98 Å². The molecule has 1 aliphatic carbocycles. The van der Waals surface area contributed by atoms with E-state index >= 15 is 0 Å². The fourth-order valence-electron chi connectivity index (χ4n) is 2.58. The highest BCUT2D eigenvalue weighted by molar-refractivity contribution is 6.06. The number of nitrogens with one attached hydrogen (secondary N) is 1. The molecule has 0 saturated heterocycles. The van der Waals surface area contributed by atoms with Gasteiger partial charge in [-0.15, -0.1) is 0 Å². The molecule has 0 radical (unpaired) electrons. The molecule has 0 aliphatic heterocycles. The largest absolute Gasteiger partial charge is 0.465 e. The summed E-state index contributed by atoms with van der Waals surface area (Å²) in [7, 11) is 0.881. The van der Waals surface area contributed by atoms with Crippen LogP contribution in [0.15, 0.2) is 0 Å². The lowest BCUT2D eigenvalue weighted by atomic mass is 9.91. The van der Waals surface area contributed by atoms with Gasteiger partial charge in [-0.3, -0.25) is 0 Å². The molecule has 1 N–H and O–H groups in total. The Morgan fingerprint density at radius 1 is 1.22 bits per heavy atom. The molecule has 27 heavy (non-hydrogen) atoms. The molecule has 6 nitrogen and oxygen atoms in total. The van der Waals surface area contributed by atoms with E-state index in [4.69, 9.17) is 0 Å². The van der Waals surface area contributed by atoms with Crippen molar-refractivity contribution in [3.63, 3.8) is 0 Å². The minimum absolute atomic E-state index is 0.261. The summed E-state index contributed by atoms with van der Waals surface area (Å²) in [6.45, 7) is 1.11. The first-order valence-corrected chi connectivity index (χ1v) is 8.06. The van der Waals surface area contributed by atoms with E-state index < -0.39 is 52.7 Å². The smallest absolute Gasteiger partial charge is 0.434 e. The van der Waals surface area contributed by atoms with Crippen LogP contribution in [0.4, 0.5) is 27.6 Å². The summed E-state index contributed by atoms with van der Waals surface area (Å²) < 4.78 is 76.3. The summed E-state index contributed by atoms with van der Waals surface area (Å²) in [4.78, 5) is 27.2. The van der Waals surface area contributed by atoms with Crippen LogP contribution in [0.2, 0.25) is 0 Å². The van der Waals surface area contributed by atoms with Crippen LogP contribution < -0.4 is 5.32 Å². The zero-order chi connectivity index (χ0) is 20.4. The van der Waals surface area contributed by atoms with Crippen molar-refractivity contribution in [2.75, 3.05) is 19.0 Å². The molecule has 0 bridgehead atoms. The van der Waals surface area contributed by atoms with Gasteiger partial charge >= 0.3 is 18.1 Å². The summed E-state index contributed by atoms with van der Waals surface area (Å²) in [5.41, 5.74) is -5.96. The molecule has 1 aromatic heterocycles. The fraction of sp³-hybridized carbons (Fsp3) is 0.562. The fourth-order valence-corrected chi connectivity index (χ4v) is 2.58. The third-order valence-corrected chi connectivity index (χ3v) is 4.02. The maximum absolute atomic E-state index is 13.5. The zero-order valence-corrected chi connectivity index (χ0v) is 14.5. The Balaban J connectivity index is 2.85. The number of methoxy groups -OCH3 is 1. The number of alkyl halides is 5. The second-order valence-electron chi connectivity index (χ2n) is 5.75. The van der Waals surface area contributed by atoms with E-state index in [1.165, 1.54) is 6.92 Å². The SMILES string of the molecule is CCOC(=O)c1c(C(F)(F)F)nc(C(F)F)c(C(=O)OC)c1NC1CCC1. The molecule has 150 valence electrons. The Bertz CT molecular complexity index is 733. The molecule has 0 atom stereocenters. The number of aromatic nitrogens is 1. The Labute approximate surface area is 151 Å². The first kappa shape index (κ1) is 20.8. The van der Waals surface area contributed by atoms with Crippen molar-refractivity contribution in [2.45, 2.75) is 44.8 Å². The van der Waals surface area contributed by atoms with Crippen molar-refractivity contribution >= 4 is 17.6 Å². The van der Waals surface area contributed by atoms with Crippen molar-refractivity contribution in [3.05, 3.63) is 22.5 Å². The molecule has 1 saturated carbocycles. The quantitative estimate of drug-likeness (QED) is 0.579. The molecule has 1 heterocycles. The van der Waals surface area contributed by atoms with Gasteiger partial charge in [0, 0.05) is 6.04 Å². The minimum Gasteiger partial charge on any atom is -0.465 e. The number of pyridine rings is 1. The van der Waals surface area contributed by atoms with Gasteiger partial charge in [-0.25, -0.2) is 23.4 Å². The normalized spacial score (nSPS) is 14.7. The molecule has 2 rings (SSSR count). The average Bonchev–Trinajstić information content (AvgIpc) is 2.55. The van der Waals surface area contributed by atoms with Gasteiger partial charge in [0.1, 0.15) is 16.8 Å². The van der Waals surface area contributed by atoms with Crippen LogP contribution in [0, 0.1) is 0 Å². The number of halogens is 5. The predicted molar refractivity (Wildman–Crippen MR) is 82.8 cm³/mol. The van der Waals surface area contributed by atoms with Gasteiger partial charge in [-0.05, 0) is 26.2 Å². The number of carbonyl (C=O) groups is 2. The molecule has 1 fully saturated rings. The lowest BCUT2D eigenvalue weighted by Crippen LogP contribution is -2.32. The summed E-state index contributed by atoms with van der Waals surface area (Å²) in [5, 5.41) is 2.60. The highest BCUT2D eigenvalue weighted by Gasteiger charge is 2.44. The minimum atomic E-state index is -5.23. The lowest BCUT2D eigenvalue weighted by Gasteiger charge is -2.30. The summed E-state index contributed by atoms with van der Waals surface area (Å²) in [6.07, 6.45) is -6.89. The van der Waals surface area contributed by atoms with Gasteiger partial charge in [0.2, 0.25) is 0 Å². The average molecular weight is 396 g/mol. The Kier molecular flexibility index (Phi) is 6.22. The first-order valence-electron chi connectivity index (χ1n) is 8.06. The molecule has 1 aromatic rings. The molecule has 11 heteroatoms. The van der Waals surface area contributed by atoms with Crippen LogP contribution in [0.25, 0.3) is 0 Å². The van der Waals surface area contributed by atoms with Crippen LogP contribution >= 0.6 is 0 Å².